The van der Waals surface area contributed by atoms with E-state index in [4.69, 9.17) is 4.63 Å². The van der Waals surface area contributed by atoms with Gasteiger partial charge >= 0.3 is 0 Å². The fourth-order valence-corrected chi connectivity index (χ4v) is 3.65. The molecule has 3 rings (SSSR count). The van der Waals surface area contributed by atoms with Gasteiger partial charge in [0.1, 0.15) is 11.4 Å². The van der Waals surface area contributed by atoms with E-state index in [-0.39, 0.29) is 0 Å². The molecule has 6 heteroatoms. The maximum absolute atomic E-state index is 12.2. The van der Waals surface area contributed by atoms with Crippen LogP contribution in [-0.4, -0.2) is 52.2 Å². The van der Waals surface area contributed by atoms with E-state index >= 15 is 0 Å². The van der Waals surface area contributed by atoms with Crippen molar-refractivity contribution in [2.45, 2.75) is 51.6 Å². The van der Waals surface area contributed by atoms with Gasteiger partial charge in [0, 0.05) is 32.1 Å². The Labute approximate surface area is 125 Å². The smallest absolute Gasteiger partial charge is 0.223 e. The standard InChI is InChI=1S/C15H24N4O2/c1-11-14(17-21-16-11)10-18(2)8-12-7-15(20)19(9-12)13-5-3-4-6-13/h12-13H,3-10H2,1-2H3. The number of carbonyl (C=O) groups is 1. The van der Waals surface area contributed by atoms with Crippen LogP contribution in [0, 0.1) is 12.8 Å². The van der Waals surface area contributed by atoms with Crippen LogP contribution in [0.4, 0.5) is 0 Å². The largest absolute Gasteiger partial charge is 0.339 e. The van der Waals surface area contributed by atoms with Crippen molar-refractivity contribution >= 4 is 5.91 Å². The van der Waals surface area contributed by atoms with Crippen molar-refractivity contribution in [3.05, 3.63) is 11.4 Å². The average molecular weight is 292 g/mol. The van der Waals surface area contributed by atoms with Gasteiger partial charge in [-0.3, -0.25) is 9.69 Å². The summed E-state index contributed by atoms with van der Waals surface area (Å²) in [5.41, 5.74) is 1.73. The molecule has 0 N–H and O–H groups in total. The Morgan fingerprint density at radius 3 is 2.76 bits per heavy atom. The SMILES string of the molecule is Cc1nonc1CN(C)CC1CC(=O)N(C2CCCC2)C1. The van der Waals surface area contributed by atoms with Crippen LogP contribution in [0.15, 0.2) is 4.63 Å². The van der Waals surface area contributed by atoms with Crippen molar-refractivity contribution in [1.29, 1.82) is 0 Å². The number of likely N-dealkylation sites (tertiary alicyclic amines) is 1. The first-order valence-corrected chi connectivity index (χ1v) is 7.89. The fraction of sp³-hybridized carbons (Fsp3) is 0.800. The van der Waals surface area contributed by atoms with E-state index < -0.39 is 0 Å². The van der Waals surface area contributed by atoms with Gasteiger partial charge in [0.2, 0.25) is 5.91 Å². The summed E-state index contributed by atoms with van der Waals surface area (Å²) in [6.07, 6.45) is 5.63. The molecule has 21 heavy (non-hydrogen) atoms. The quantitative estimate of drug-likeness (QED) is 0.825. The molecule has 1 aliphatic carbocycles. The first kappa shape index (κ1) is 14.5. The molecule has 0 aromatic carbocycles. The van der Waals surface area contributed by atoms with Gasteiger partial charge in [-0.25, -0.2) is 4.63 Å². The van der Waals surface area contributed by atoms with Crippen LogP contribution in [0.1, 0.15) is 43.5 Å². The molecule has 1 saturated heterocycles. The number of aromatic nitrogens is 2. The molecule has 1 unspecified atom stereocenters. The summed E-state index contributed by atoms with van der Waals surface area (Å²) in [6, 6.07) is 0.509. The van der Waals surface area contributed by atoms with Gasteiger partial charge in [0.25, 0.3) is 0 Å². The lowest BCUT2D eigenvalue weighted by Gasteiger charge is -2.25. The zero-order chi connectivity index (χ0) is 14.8. The monoisotopic (exact) mass is 292 g/mol. The first-order valence-electron chi connectivity index (χ1n) is 7.89. The fourth-order valence-electron chi connectivity index (χ4n) is 3.65. The molecule has 6 nitrogen and oxygen atoms in total. The highest BCUT2D eigenvalue weighted by atomic mass is 16.6. The molecule has 1 aromatic heterocycles. The summed E-state index contributed by atoms with van der Waals surface area (Å²) in [6.45, 7) is 4.47. The number of aryl methyl sites for hydroxylation is 1. The molecule has 1 aromatic rings. The summed E-state index contributed by atoms with van der Waals surface area (Å²) in [5, 5.41) is 7.72. The zero-order valence-electron chi connectivity index (χ0n) is 12.9. The lowest BCUT2D eigenvalue weighted by Crippen LogP contribution is -2.35. The molecular formula is C15H24N4O2. The van der Waals surface area contributed by atoms with Gasteiger partial charge < -0.3 is 4.90 Å². The second-order valence-corrected chi connectivity index (χ2v) is 6.55. The number of carbonyl (C=O) groups excluding carboxylic acids is 1. The summed E-state index contributed by atoms with van der Waals surface area (Å²) in [4.78, 5) is 16.5. The second kappa shape index (κ2) is 6.13. The summed E-state index contributed by atoms with van der Waals surface area (Å²) in [7, 11) is 2.07. The number of hydrogen-bond acceptors (Lipinski definition) is 5. The molecule has 0 radical (unpaired) electrons. The molecule has 116 valence electrons. The molecule has 0 spiro atoms. The lowest BCUT2D eigenvalue weighted by molar-refractivity contribution is -0.129. The Balaban J connectivity index is 1.51. The maximum Gasteiger partial charge on any atom is 0.223 e. The van der Waals surface area contributed by atoms with E-state index in [0.29, 0.717) is 24.3 Å². The Morgan fingerprint density at radius 1 is 1.33 bits per heavy atom. The zero-order valence-corrected chi connectivity index (χ0v) is 12.9. The molecule has 1 aliphatic heterocycles. The van der Waals surface area contributed by atoms with Crippen molar-refractivity contribution in [3.63, 3.8) is 0 Å². The Kier molecular flexibility index (Phi) is 4.24. The average Bonchev–Trinajstić information content (AvgIpc) is 3.13. The molecule has 2 fully saturated rings. The van der Waals surface area contributed by atoms with Gasteiger partial charge in [-0.15, -0.1) is 0 Å². The van der Waals surface area contributed by atoms with Crippen LogP contribution in [0.2, 0.25) is 0 Å². The van der Waals surface area contributed by atoms with Crippen molar-refractivity contribution in [2.24, 2.45) is 5.92 Å². The molecule has 1 amide bonds. The molecular weight excluding hydrogens is 268 g/mol. The predicted molar refractivity (Wildman–Crippen MR) is 77.4 cm³/mol. The molecule has 1 saturated carbocycles. The molecule has 2 heterocycles. The third-order valence-corrected chi connectivity index (χ3v) is 4.74. The van der Waals surface area contributed by atoms with Gasteiger partial charge in [-0.1, -0.05) is 23.2 Å². The second-order valence-electron chi connectivity index (χ2n) is 6.55. The Hall–Kier alpha value is -1.43. The van der Waals surface area contributed by atoms with Crippen molar-refractivity contribution in [3.8, 4) is 0 Å². The minimum Gasteiger partial charge on any atom is -0.339 e. The summed E-state index contributed by atoms with van der Waals surface area (Å²) in [5.74, 6) is 0.780. The normalized spacial score (nSPS) is 23.7. The number of hydrogen-bond donors (Lipinski definition) is 0. The summed E-state index contributed by atoms with van der Waals surface area (Å²) < 4.78 is 4.73. The van der Waals surface area contributed by atoms with Crippen LogP contribution < -0.4 is 0 Å². The van der Waals surface area contributed by atoms with Gasteiger partial charge in [-0.05, 0) is 32.7 Å². The van der Waals surface area contributed by atoms with Crippen LogP contribution in [0.3, 0.4) is 0 Å². The van der Waals surface area contributed by atoms with Crippen molar-refractivity contribution in [2.75, 3.05) is 20.1 Å². The van der Waals surface area contributed by atoms with E-state index in [1.807, 2.05) is 6.92 Å². The minimum absolute atomic E-state index is 0.347. The maximum atomic E-state index is 12.2. The summed E-state index contributed by atoms with van der Waals surface area (Å²) >= 11 is 0. The van der Waals surface area contributed by atoms with Gasteiger partial charge in [0.05, 0.1) is 0 Å². The highest BCUT2D eigenvalue weighted by Crippen LogP contribution is 2.29. The van der Waals surface area contributed by atoms with E-state index in [9.17, 15) is 4.79 Å². The van der Waals surface area contributed by atoms with E-state index in [2.05, 4.69) is 27.2 Å². The predicted octanol–water partition coefficient (Wildman–Crippen LogP) is 1.60. The molecule has 2 aliphatic rings. The van der Waals surface area contributed by atoms with Crippen molar-refractivity contribution in [1.82, 2.24) is 20.1 Å². The minimum atomic E-state index is 0.347. The highest BCUT2D eigenvalue weighted by molar-refractivity contribution is 5.79. The third kappa shape index (κ3) is 3.26. The Morgan fingerprint density at radius 2 is 2.10 bits per heavy atom. The van der Waals surface area contributed by atoms with E-state index in [0.717, 1.165) is 31.0 Å². The van der Waals surface area contributed by atoms with E-state index in [1.165, 1.54) is 25.7 Å². The van der Waals surface area contributed by atoms with Crippen LogP contribution in [0.5, 0.6) is 0 Å². The lowest BCUT2D eigenvalue weighted by atomic mass is 10.1. The molecule has 0 bridgehead atoms. The number of nitrogens with zero attached hydrogens (tertiary/aromatic N) is 4. The van der Waals surface area contributed by atoms with Gasteiger partial charge in [-0.2, -0.15) is 0 Å². The Bertz CT molecular complexity index is 496. The van der Waals surface area contributed by atoms with E-state index in [1.54, 1.807) is 0 Å². The number of amides is 1. The highest BCUT2D eigenvalue weighted by Gasteiger charge is 2.35. The van der Waals surface area contributed by atoms with Crippen molar-refractivity contribution < 1.29 is 9.42 Å². The van der Waals surface area contributed by atoms with Gasteiger partial charge in [0.15, 0.2) is 0 Å². The first-order chi connectivity index (χ1) is 10.1. The topological polar surface area (TPSA) is 62.5 Å². The van der Waals surface area contributed by atoms with Crippen LogP contribution in [0.25, 0.3) is 0 Å². The van der Waals surface area contributed by atoms with Crippen LogP contribution >= 0.6 is 0 Å². The third-order valence-electron chi connectivity index (χ3n) is 4.74. The van der Waals surface area contributed by atoms with Crippen LogP contribution in [-0.2, 0) is 11.3 Å². The molecule has 1 atom stereocenters. The number of rotatable bonds is 5.